The van der Waals surface area contributed by atoms with E-state index in [-0.39, 0.29) is 48.6 Å². The van der Waals surface area contributed by atoms with Gasteiger partial charge in [-0.05, 0) is 12.5 Å². The quantitative estimate of drug-likeness (QED) is 0.331. The lowest BCUT2D eigenvalue weighted by molar-refractivity contribution is -0.210. The van der Waals surface area contributed by atoms with Crippen LogP contribution in [-0.2, 0) is 19.0 Å². The number of amides is 1. The van der Waals surface area contributed by atoms with Crippen LogP contribution < -0.4 is 10.6 Å². The summed E-state index contributed by atoms with van der Waals surface area (Å²) in [6.45, 7) is 4.54. The molecule has 0 radical (unpaired) electrons. The Morgan fingerprint density at radius 2 is 1.97 bits per heavy atom. The minimum Gasteiger partial charge on any atom is -0.381 e. The van der Waals surface area contributed by atoms with Crippen LogP contribution >= 0.6 is 24.0 Å². The summed E-state index contributed by atoms with van der Waals surface area (Å²) in [5, 5.41) is 6.68. The molecule has 0 aromatic heterocycles. The third-order valence-electron chi connectivity index (χ3n) is 5.19. The van der Waals surface area contributed by atoms with E-state index in [1.165, 1.54) is 4.90 Å². The highest BCUT2D eigenvalue weighted by Crippen LogP contribution is 2.32. The number of rotatable bonds is 6. The zero-order valence-corrected chi connectivity index (χ0v) is 20.3. The zero-order chi connectivity index (χ0) is 20.7. The molecule has 8 nitrogen and oxygen atoms in total. The Morgan fingerprint density at radius 3 is 2.63 bits per heavy atom. The minimum atomic E-state index is -0.506. The molecule has 2 N–H and O–H groups in total. The summed E-state index contributed by atoms with van der Waals surface area (Å²) in [6.07, 6.45) is 1.44. The second kappa shape index (κ2) is 11.8. The smallest absolute Gasteiger partial charge is 0.243 e. The lowest BCUT2D eigenvalue weighted by Crippen LogP contribution is -2.44. The van der Waals surface area contributed by atoms with Gasteiger partial charge in [-0.25, -0.2) is 4.99 Å². The van der Waals surface area contributed by atoms with Gasteiger partial charge in [0, 0.05) is 33.5 Å². The fourth-order valence-electron chi connectivity index (χ4n) is 3.34. The molecule has 2 fully saturated rings. The molecule has 1 aromatic rings. The highest BCUT2D eigenvalue weighted by molar-refractivity contribution is 14.0. The average Bonchev–Trinajstić information content (AvgIpc) is 3.12. The summed E-state index contributed by atoms with van der Waals surface area (Å²) in [7, 11) is 3.45. The number of benzene rings is 1. The second-order valence-electron chi connectivity index (χ2n) is 7.68. The van der Waals surface area contributed by atoms with Crippen molar-refractivity contribution in [1.82, 2.24) is 15.5 Å². The van der Waals surface area contributed by atoms with Gasteiger partial charge in [0.2, 0.25) is 5.91 Å². The van der Waals surface area contributed by atoms with Gasteiger partial charge in [-0.15, -0.1) is 24.0 Å². The van der Waals surface area contributed by atoms with E-state index in [9.17, 15) is 4.79 Å². The SMILES string of the molecule is CC(NC(=NCC(=O)N(C)C)NCC1COC2(CCOCC2)O1)c1ccccc1.I. The molecule has 2 aliphatic rings. The number of likely N-dealkylation sites (N-methyl/N-ethyl adjacent to an activating group) is 1. The Hall–Kier alpha value is -1.43. The van der Waals surface area contributed by atoms with Gasteiger partial charge in [0.05, 0.1) is 25.9 Å². The topological polar surface area (TPSA) is 84.4 Å². The van der Waals surface area contributed by atoms with Crippen molar-refractivity contribution in [3.8, 4) is 0 Å². The molecule has 0 aliphatic carbocycles. The number of carbonyl (C=O) groups excluding carboxylic acids is 1. The van der Waals surface area contributed by atoms with Gasteiger partial charge in [-0.2, -0.15) is 0 Å². The molecular weight excluding hydrogens is 499 g/mol. The maximum atomic E-state index is 12.0. The zero-order valence-electron chi connectivity index (χ0n) is 17.9. The third-order valence-corrected chi connectivity index (χ3v) is 5.19. The number of aliphatic imine (C=N–C) groups is 1. The molecule has 2 unspecified atom stereocenters. The van der Waals surface area contributed by atoms with Crippen LogP contribution in [0.15, 0.2) is 35.3 Å². The molecule has 30 heavy (non-hydrogen) atoms. The predicted octanol–water partition coefficient (Wildman–Crippen LogP) is 1.91. The average molecular weight is 532 g/mol. The highest BCUT2D eigenvalue weighted by atomic mass is 127. The minimum absolute atomic E-state index is 0. The standard InChI is InChI=1S/C21H32N4O4.HI/c1-16(17-7-5-4-6-8-17)24-20(23-14-19(26)25(2)3)22-13-18-15-28-21(29-18)9-11-27-12-10-21;/h4-8,16,18H,9-15H2,1-3H3,(H2,22,23,24);1H. The van der Waals surface area contributed by atoms with E-state index in [0.717, 1.165) is 18.4 Å². The molecule has 2 atom stereocenters. The first-order valence-corrected chi connectivity index (χ1v) is 10.2. The first-order chi connectivity index (χ1) is 14.0. The Labute approximate surface area is 195 Å². The molecule has 2 heterocycles. The summed E-state index contributed by atoms with van der Waals surface area (Å²) >= 11 is 0. The number of ether oxygens (including phenoxy) is 3. The van der Waals surface area contributed by atoms with E-state index < -0.39 is 5.79 Å². The van der Waals surface area contributed by atoms with E-state index >= 15 is 0 Å². The number of hydrogen-bond donors (Lipinski definition) is 2. The van der Waals surface area contributed by atoms with Crippen LogP contribution in [0.5, 0.6) is 0 Å². The Balaban J connectivity index is 0.00000320. The monoisotopic (exact) mass is 532 g/mol. The number of nitrogens with one attached hydrogen (secondary N) is 2. The number of guanidine groups is 1. The Morgan fingerprint density at radius 1 is 1.27 bits per heavy atom. The van der Waals surface area contributed by atoms with Crippen molar-refractivity contribution in [3.63, 3.8) is 0 Å². The van der Waals surface area contributed by atoms with Crippen LogP contribution in [0, 0.1) is 0 Å². The van der Waals surface area contributed by atoms with Crippen LogP contribution in [0.25, 0.3) is 0 Å². The first kappa shape index (κ1) is 24.8. The maximum absolute atomic E-state index is 12.0. The van der Waals surface area contributed by atoms with Gasteiger partial charge in [0.25, 0.3) is 0 Å². The van der Waals surface area contributed by atoms with Crippen molar-refractivity contribution < 1.29 is 19.0 Å². The van der Waals surface area contributed by atoms with Crippen molar-refractivity contribution in [2.75, 3.05) is 47.0 Å². The number of halogens is 1. The summed E-state index contributed by atoms with van der Waals surface area (Å²) in [5.74, 6) is 0.0150. The van der Waals surface area contributed by atoms with Gasteiger partial charge in [-0.3, -0.25) is 4.79 Å². The largest absolute Gasteiger partial charge is 0.381 e. The lowest BCUT2D eigenvalue weighted by atomic mass is 10.1. The number of nitrogens with zero attached hydrogens (tertiary/aromatic N) is 2. The van der Waals surface area contributed by atoms with E-state index in [2.05, 4.69) is 34.7 Å². The van der Waals surface area contributed by atoms with E-state index in [4.69, 9.17) is 14.2 Å². The van der Waals surface area contributed by atoms with Crippen LogP contribution in [0.1, 0.15) is 31.4 Å². The van der Waals surface area contributed by atoms with Crippen LogP contribution in [0.4, 0.5) is 0 Å². The maximum Gasteiger partial charge on any atom is 0.243 e. The van der Waals surface area contributed by atoms with E-state index in [1.807, 2.05) is 18.2 Å². The fraction of sp³-hybridized carbons (Fsp3) is 0.619. The van der Waals surface area contributed by atoms with E-state index in [0.29, 0.717) is 32.3 Å². The van der Waals surface area contributed by atoms with Crippen LogP contribution in [0.3, 0.4) is 0 Å². The molecule has 1 aromatic carbocycles. The second-order valence-corrected chi connectivity index (χ2v) is 7.68. The van der Waals surface area contributed by atoms with E-state index in [1.54, 1.807) is 14.1 Å². The molecule has 0 bridgehead atoms. The summed E-state index contributed by atoms with van der Waals surface area (Å²) in [4.78, 5) is 18.0. The molecule has 1 amide bonds. The van der Waals surface area contributed by atoms with Crippen LogP contribution in [0.2, 0.25) is 0 Å². The molecule has 9 heteroatoms. The van der Waals surface area contributed by atoms with Gasteiger partial charge < -0.3 is 29.7 Å². The Kier molecular flexibility index (Phi) is 9.79. The van der Waals surface area contributed by atoms with Gasteiger partial charge in [0.15, 0.2) is 11.7 Å². The fourth-order valence-corrected chi connectivity index (χ4v) is 3.34. The van der Waals surface area contributed by atoms with Crippen molar-refractivity contribution in [1.29, 1.82) is 0 Å². The molecule has 1 spiro atoms. The Bertz CT molecular complexity index is 696. The first-order valence-electron chi connectivity index (χ1n) is 10.2. The molecule has 2 aliphatic heterocycles. The van der Waals surface area contributed by atoms with Gasteiger partial charge in [0.1, 0.15) is 12.6 Å². The summed E-state index contributed by atoms with van der Waals surface area (Å²) in [5.41, 5.74) is 1.14. The summed E-state index contributed by atoms with van der Waals surface area (Å²) < 4.78 is 17.5. The summed E-state index contributed by atoms with van der Waals surface area (Å²) in [6, 6.07) is 10.2. The number of hydrogen-bond acceptors (Lipinski definition) is 5. The van der Waals surface area contributed by atoms with Gasteiger partial charge in [-0.1, -0.05) is 30.3 Å². The number of carbonyl (C=O) groups is 1. The van der Waals surface area contributed by atoms with Gasteiger partial charge >= 0.3 is 0 Å². The molecular formula is C21H33IN4O4. The van der Waals surface area contributed by atoms with Crippen molar-refractivity contribution in [2.45, 2.75) is 37.7 Å². The highest BCUT2D eigenvalue weighted by Gasteiger charge is 2.42. The van der Waals surface area contributed by atoms with Crippen molar-refractivity contribution >= 4 is 35.8 Å². The van der Waals surface area contributed by atoms with Crippen LogP contribution in [-0.4, -0.2) is 75.7 Å². The molecule has 3 rings (SSSR count). The third kappa shape index (κ3) is 7.07. The normalized spacial score (nSPS) is 21.6. The van der Waals surface area contributed by atoms with Crippen molar-refractivity contribution in [3.05, 3.63) is 35.9 Å². The lowest BCUT2D eigenvalue weighted by Gasteiger charge is -2.31. The predicted molar refractivity (Wildman–Crippen MR) is 126 cm³/mol. The molecule has 168 valence electrons. The van der Waals surface area contributed by atoms with Crippen molar-refractivity contribution in [2.24, 2.45) is 4.99 Å². The molecule has 2 saturated heterocycles. The molecule has 0 saturated carbocycles.